The van der Waals surface area contributed by atoms with Crippen LogP contribution in [0.2, 0.25) is 0 Å². The molecular weight excluding hydrogens is 216 g/mol. The molecule has 0 saturated carbocycles. The van der Waals surface area contributed by atoms with E-state index >= 15 is 0 Å². The van der Waals surface area contributed by atoms with Crippen LogP contribution in [0.5, 0.6) is 0 Å². The van der Waals surface area contributed by atoms with Crippen molar-refractivity contribution in [2.24, 2.45) is 5.73 Å². The second kappa shape index (κ2) is 7.31. The summed E-state index contributed by atoms with van der Waals surface area (Å²) in [5.41, 5.74) is 6.39. The molecule has 1 heterocycles. The fraction of sp³-hybridized carbons (Fsp3) is 1.00. The number of methoxy groups -OCH3 is 1. The largest absolute Gasteiger partial charge is 0.383 e. The molecule has 1 saturated heterocycles. The van der Waals surface area contributed by atoms with E-state index in [1.54, 1.807) is 7.11 Å². The molecule has 4 nitrogen and oxygen atoms in total. The Morgan fingerprint density at radius 2 is 2.06 bits per heavy atom. The Hall–Kier alpha value is -0.160. The normalized spacial score (nSPS) is 21.7. The van der Waals surface area contributed by atoms with E-state index in [1.165, 1.54) is 0 Å². The van der Waals surface area contributed by atoms with Crippen LogP contribution >= 0.6 is 0 Å². The number of rotatable bonds is 7. The van der Waals surface area contributed by atoms with Gasteiger partial charge in [0, 0.05) is 45.0 Å². The maximum absolute atomic E-state index is 6.46. The van der Waals surface area contributed by atoms with E-state index in [9.17, 15) is 0 Å². The quantitative estimate of drug-likeness (QED) is 0.732. The first-order chi connectivity index (χ1) is 8.11. The zero-order valence-electron chi connectivity index (χ0n) is 11.6. The minimum absolute atomic E-state index is 0.0740. The van der Waals surface area contributed by atoms with Gasteiger partial charge in [0.1, 0.15) is 0 Å². The molecular formula is C13H28N2O2. The summed E-state index contributed by atoms with van der Waals surface area (Å²) in [5, 5.41) is 0. The van der Waals surface area contributed by atoms with Gasteiger partial charge in [-0.05, 0) is 26.2 Å². The maximum Gasteiger partial charge on any atom is 0.0589 e. The zero-order valence-corrected chi connectivity index (χ0v) is 11.6. The molecule has 1 unspecified atom stereocenters. The van der Waals surface area contributed by atoms with Crippen molar-refractivity contribution in [1.82, 2.24) is 4.90 Å². The van der Waals surface area contributed by atoms with Crippen LogP contribution in [0.3, 0.4) is 0 Å². The molecule has 0 spiro atoms. The summed E-state index contributed by atoms with van der Waals surface area (Å²) >= 11 is 0. The van der Waals surface area contributed by atoms with Crippen molar-refractivity contribution in [1.29, 1.82) is 0 Å². The third-order valence-electron chi connectivity index (χ3n) is 3.80. The van der Waals surface area contributed by atoms with E-state index in [0.29, 0.717) is 6.04 Å². The average molecular weight is 244 g/mol. The third-order valence-corrected chi connectivity index (χ3v) is 3.80. The summed E-state index contributed by atoms with van der Waals surface area (Å²) in [4.78, 5) is 2.45. The highest BCUT2D eigenvalue weighted by Crippen LogP contribution is 2.20. The van der Waals surface area contributed by atoms with Crippen LogP contribution in [0.15, 0.2) is 0 Å². The summed E-state index contributed by atoms with van der Waals surface area (Å²) in [6.07, 6.45) is 3.08. The topological polar surface area (TPSA) is 47.7 Å². The summed E-state index contributed by atoms with van der Waals surface area (Å²) < 4.78 is 10.6. The lowest BCUT2D eigenvalue weighted by Crippen LogP contribution is -2.55. The minimum Gasteiger partial charge on any atom is -0.383 e. The van der Waals surface area contributed by atoms with Gasteiger partial charge in [-0.2, -0.15) is 0 Å². The van der Waals surface area contributed by atoms with Crippen LogP contribution in [0.1, 0.15) is 33.1 Å². The average Bonchev–Trinajstić information content (AvgIpc) is 2.34. The number of ether oxygens (including phenoxy) is 2. The smallest absolute Gasteiger partial charge is 0.0589 e. The van der Waals surface area contributed by atoms with E-state index < -0.39 is 0 Å². The van der Waals surface area contributed by atoms with Gasteiger partial charge in [0.25, 0.3) is 0 Å². The van der Waals surface area contributed by atoms with Gasteiger partial charge < -0.3 is 15.2 Å². The van der Waals surface area contributed by atoms with Gasteiger partial charge in [-0.25, -0.2) is 0 Å². The van der Waals surface area contributed by atoms with Gasteiger partial charge in [0.15, 0.2) is 0 Å². The molecule has 0 aromatic heterocycles. The highest BCUT2D eigenvalue weighted by atomic mass is 16.5. The van der Waals surface area contributed by atoms with Crippen molar-refractivity contribution in [3.05, 3.63) is 0 Å². The summed E-state index contributed by atoms with van der Waals surface area (Å²) in [6, 6.07) is 0.563. The Labute approximate surface area is 105 Å². The standard InChI is InChI=1S/C13H28N2O2/c1-4-12(2)15(7-10-16-3)11-13(14)5-8-17-9-6-13/h12H,4-11,14H2,1-3H3. The summed E-state index contributed by atoms with van der Waals surface area (Å²) in [6.45, 7) is 8.77. The molecule has 2 N–H and O–H groups in total. The number of nitrogens with two attached hydrogens (primary N) is 1. The lowest BCUT2D eigenvalue weighted by Gasteiger charge is -2.40. The first-order valence-corrected chi connectivity index (χ1v) is 6.71. The van der Waals surface area contributed by atoms with Crippen molar-refractivity contribution < 1.29 is 9.47 Å². The third kappa shape index (κ3) is 4.92. The molecule has 0 radical (unpaired) electrons. The monoisotopic (exact) mass is 244 g/mol. The number of nitrogens with zero attached hydrogens (tertiary/aromatic N) is 1. The Morgan fingerprint density at radius 3 is 2.59 bits per heavy atom. The number of hydrogen-bond donors (Lipinski definition) is 1. The molecule has 1 fully saturated rings. The van der Waals surface area contributed by atoms with E-state index in [-0.39, 0.29) is 5.54 Å². The Morgan fingerprint density at radius 1 is 1.41 bits per heavy atom. The molecule has 0 bridgehead atoms. The lowest BCUT2D eigenvalue weighted by molar-refractivity contribution is 0.0254. The van der Waals surface area contributed by atoms with Crippen LogP contribution in [0, 0.1) is 0 Å². The first kappa shape index (κ1) is 14.9. The van der Waals surface area contributed by atoms with E-state index in [0.717, 1.165) is 52.2 Å². The van der Waals surface area contributed by atoms with E-state index in [2.05, 4.69) is 18.7 Å². The highest BCUT2D eigenvalue weighted by Gasteiger charge is 2.31. The molecule has 0 amide bonds. The van der Waals surface area contributed by atoms with Gasteiger partial charge in [-0.15, -0.1) is 0 Å². The Balaban J connectivity index is 2.50. The molecule has 102 valence electrons. The Bertz CT molecular complexity index is 206. The maximum atomic E-state index is 6.46. The van der Waals surface area contributed by atoms with Crippen molar-refractivity contribution >= 4 is 0 Å². The van der Waals surface area contributed by atoms with Crippen LogP contribution < -0.4 is 5.73 Å². The van der Waals surface area contributed by atoms with E-state index in [4.69, 9.17) is 15.2 Å². The molecule has 0 aromatic carbocycles. The molecule has 0 aliphatic carbocycles. The van der Waals surface area contributed by atoms with Crippen molar-refractivity contribution in [3.8, 4) is 0 Å². The van der Waals surface area contributed by atoms with Crippen molar-refractivity contribution in [2.75, 3.05) is 40.0 Å². The fourth-order valence-corrected chi connectivity index (χ4v) is 2.26. The molecule has 1 atom stereocenters. The minimum atomic E-state index is -0.0740. The predicted molar refractivity (Wildman–Crippen MR) is 70.2 cm³/mol. The second-order valence-electron chi connectivity index (χ2n) is 5.20. The van der Waals surface area contributed by atoms with Gasteiger partial charge in [0.05, 0.1) is 6.61 Å². The molecule has 0 aromatic rings. The Kier molecular flexibility index (Phi) is 6.41. The molecule has 1 rings (SSSR count). The highest BCUT2D eigenvalue weighted by molar-refractivity contribution is 4.90. The van der Waals surface area contributed by atoms with Gasteiger partial charge in [-0.1, -0.05) is 6.92 Å². The predicted octanol–water partition coefficient (Wildman–Crippen LogP) is 1.24. The molecule has 1 aliphatic rings. The molecule has 17 heavy (non-hydrogen) atoms. The second-order valence-corrected chi connectivity index (χ2v) is 5.20. The SMILES string of the molecule is CCC(C)N(CCOC)CC1(N)CCOCC1. The lowest BCUT2D eigenvalue weighted by atomic mass is 9.90. The van der Waals surface area contributed by atoms with Crippen molar-refractivity contribution in [3.63, 3.8) is 0 Å². The van der Waals surface area contributed by atoms with Crippen LogP contribution in [-0.2, 0) is 9.47 Å². The zero-order chi connectivity index (χ0) is 12.7. The van der Waals surface area contributed by atoms with E-state index in [1.807, 2.05) is 0 Å². The van der Waals surface area contributed by atoms with Gasteiger partial charge in [0.2, 0.25) is 0 Å². The molecule has 1 aliphatic heterocycles. The van der Waals surface area contributed by atoms with Gasteiger partial charge in [-0.3, -0.25) is 4.90 Å². The van der Waals surface area contributed by atoms with Crippen LogP contribution in [0.4, 0.5) is 0 Å². The summed E-state index contributed by atoms with van der Waals surface area (Å²) in [7, 11) is 1.75. The summed E-state index contributed by atoms with van der Waals surface area (Å²) in [5.74, 6) is 0. The van der Waals surface area contributed by atoms with Crippen molar-refractivity contribution in [2.45, 2.75) is 44.7 Å². The van der Waals surface area contributed by atoms with Gasteiger partial charge >= 0.3 is 0 Å². The van der Waals surface area contributed by atoms with Crippen LogP contribution in [-0.4, -0.2) is 56.5 Å². The van der Waals surface area contributed by atoms with Crippen LogP contribution in [0.25, 0.3) is 0 Å². The molecule has 4 heteroatoms. The first-order valence-electron chi connectivity index (χ1n) is 6.71. The number of hydrogen-bond acceptors (Lipinski definition) is 4. The fourth-order valence-electron chi connectivity index (χ4n) is 2.26.